The van der Waals surface area contributed by atoms with Crippen LogP contribution in [-0.4, -0.2) is 47.7 Å². The standard InChI is InChI=1S/C29H35N5O3/c1-20(2)31-29(36)37-19-34-15-12-23(13-16-34)22-7-9-24(10-8-22)28(35)33-25-11-6-21(3)27(17-25)32-26-5-4-14-30-18-26/h4-11,14,17-18,20,23,32H,12-13,15-16,19H2,1-3H3,(H,31,36)(H,33,35). The Kier molecular flexibility index (Phi) is 8.74. The van der Waals surface area contributed by atoms with Crippen molar-refractivity contribution in [3.8, 4) is 0 Å². The van der Waals surface area contributed by atoms with Gasteiger partial charge in [-0.3, -0.25) is 14.7 Å². The van der Waals surface area contributed by atoms with E-state index in [-0.39, 0.29) is 18.0 Å². The lowest BCUT2D eigenvalue weighted by atomic mass is 9.89. The number of amides is 2. The summed E-state index contributed by atoms with van der Waals surface area (Å²) in [5.41, 5.74) is 5.45. The van der Waals surface area contributed by atoms with Crippen molar-refractivity contribution >= 4 is 29.1 Å². The Morgan fingerprint density at radius 2 is 1.81 bits per heavy atom. The molecule has 8 nitrogen and oxygen atoms in total. The Morgan fingerprint density at radius 3 is 2.49 bits per heavy atom. The number of benzene rings is 2. The van der Waals surface area contributed by atoms with Gasteiger partial charge in [-0.1, -0.05) is 18.2 Å². The quantitative estimate of drug-likeness (QED) is 0.369. The highest BCUT2D eigenvalue weighted by Crippen LogP contribution is 2.29. The Morgan fingerprint density at radius 1 is 1.05 bits per heavy atom. The predicted octanol–water partition coefficient (Wildman–Crippen LogP) is 5.66. The molecule has 37 heavy (non-hydrogen) atoms. The highest BCUT2D eigenvalue weighted by Gasteiger charge is 2.22. The normalized spacial score (nSPS) is 14.3. The van der Waals surface area contributed by atoms with Crippen LogP contribution >= 0.6 is 0 Å². The smallest absolute Gasteiger partial charge is 0.408 e. The average Bonchev–Trinajstić information content (AvgIpc) is 2.90. The van der Waals surface area contributed by atoms with Crippen LogP contribution in [0.5, 0.6) is 0 Å². The number of hydrogen-bond donors (Lipinski definition) is 3. The van der Waals surface area contributed by atoms with Crippen molar-refractivity contribution in [1.29, 1.82) is 0 Å². The molecule has 0 atom stereocenters. The first-order valence-electron chi connectivity index (χ1n) is 12.7. The summed E-state index contributed by atoms with van der Waals surface area (Å²) in [6.45, 7) is 7.87. The van der Waals surface area contributed by atoms with Gasteiger partial charge in [-0.05, 0) is 87.1 Å². The number of nitrogens with one attached hydrogen (secondary N) is 3. The molecule has 1 saturated heterocycles. The number of likely N-dealkylation sites (tertiary alicyclic amines) is 1. The Labute approximate surface area is 218 Å². The highest BCUT2D eigenvalue weighted by molar-refractivity contribution is 6.04. The molecule has 3 aromatic rings. The molecular weight excluding hydrogens is 466 g/mol. The summed E-state index contributed by atoms with van der Waals surface area (Å²) in [5, 5.41) is 9.09. The number of carbonyl (C=O) groups is 2. The molecule has 1 fully saturated rings. The number of rotatable bonds is 8. The van der Waals surface area contributed by atoms with Crippen LogP contribution in [0.2, 0.25) is 0 Å². The van der Waals surface area contributed by atoms with E-state index in [1.54, 1.807) is 12.4 Å². The largest absolute Gasteiger partial charge is 0.433 e. The number of nitrogens with zero attached hydrogens (tertiary/aromatic N) is 2. The van der Waals surface area contributed by atoms with E-state index in [1.807, 2.05) is 75.4 Å². The minimum absolute atomic E-state index is 0.0621. The lowest BCUT2D eigenvalue weighted by Crippen LogP contribution is -2.38. The van der Waals surface area contributed by atoms with Crippen molar-refractivity contribution in [1.82, 2.24) is 15.2 Å². The van der Waals surface area contributed by atoms with Crippen molar-refractivity contribution in [2.24, 2.45) is 0 Å². The molecule has 1 aliphatic heterocycles. The first-order valence-corrected chi connectivity index (χ1v) is 12.7. The number of ether oxygens (including phenoxy) is 1. The number of carbonyl (C=O) groups excluding carboxylic acids is 2. The van der Waals surface area contributed by atoms with E-state index in [4.69, 9.17) is 4.74 Å². The molecule has 0 spiro atoms. The summed E-state index contributed by atoms with van der Waals surface area (Å²) in [4.78, 5) is 30.9. The summed E-state index contributed by atoms with van der Waals surface area (Å²) in [7, 11) is 0. The second kappa shape index (κ2) is 12.4. The third-order valence-electron chi connectivity index (χ3n) is 6.45. The van der Waals surface area contributed by atoms with Crippen molar-refractivity contribution in [3.05, 3.63) is 83.7 Å². The van der Waals surface area contributed by atoms with E-state index in [9.17, 15) is 9.59 Å². The van der Waals surface area contributed by atoms with Crippen LogP contribution in [0.1, 0.15) is 54.1 Å². The topological polar surface area (TPSA) is 95.6 Å². The minimum Gasteiger partial charge on any atom is -0.433 e. The summed E-state index contributed by atoms with van der Waals surface area (Å²) < 4.78 is 5.29. The minimum atomic E-state index is -0.377. The van der Waals surface area contributed by atoms with E-state index in [2.05, 4.69) is 25.8 Å². The molecule has 0 aliphatic carbocycles. The van der Waals surface area contributed by atoms with Gasteiger partial charge in [0.05, 0.1) is 11.9 Å². The van der Waals surface area contributed by atoms with Crippen LogP contribution in [0.3, 0.4) is 0 Å². The van der Waals surface area contributed by atoms with Crippen molar-refractivity contribution in [3.63, 3.8) is 0 Å². The van der Waals surface area contributed by atoms with Crippen LogP contribution in [0.4, 0.5) is 21.9 Å². The van der Waals surface area contributed by atoms with Gasteiger partial charge in [-0.2, -0.15) is 0 Å². The Hall–Kier alpha value is -3.91. The number of alkyl carbamates (subject to hydrolysis) is 1. The highest BCUT2D eigenvalue weighted by atomic mass is 16.6. The molecule has 1 aliphatic rings. The van der Waals surface area contributed by atoms with Gasteiger partial charge >= 0.3 is 6.09 Å². The molecule has 2 aromatic carbocycles. The lowest BCUT2D eigenvalue weighted by molar-refractivity contribution is 0.0534. The molecule has 8 heteroatoms. The SMILES string of the molecule is Cc1ccc(NC(=O)c2ccc(C3CCN(COC(=O)NC(C)C)CC3)cc2)cc1Nc1cccnc1. The van der Waals surface area contributed by atoms with Gasteiger partial charge < -0.3 is 20.7 Å². The van der Waals surface area contributed by atoms with E-state index in [0.29, 0.717) is 18.2 Å². The maximum atomic E-state index is 12.9. The molecule has 2 heterocycles. The Bertz CT molecular complexity index is 1190. The maximum Gasteiger partial charge on any atom is 0.408 e. The van der Waals surface area contributed by atoms with Gasteiger partial charge in [0.15, 0.2) is 0 Å². The predicted molar refractivity (Wildman–Crippen MR) is 146 cm³/mol. The monoisotopic (exact) mass is 501 g/mol. The zero-order valence-corrected chi connectivity index (χ0v) is 21.7. The molecule has 2 amide bonds. The molecule has 1 aromatic heterocycles. The summed E-state index contributed by atoms with van der Waals surface area (Å²) in [6.07, 6.45) is 5.08. The van der Waals surface area contributed by atoms with Crippen LogP contribution in [-0.2, 0) is 4.74 Å². The number of anilines is 3. The van der Waals surface area contributed by atoms with Crippen molar-refractivity contribution in [2.45, 2.75) is 45.6 Å². The number of piperidine rings is 1. The molecule has 3 N–H and O–H groups in total. The number of aryl methyl sites for hydroxylation is 1. The van der Waals surface area contributed by atoms with Crippen LogP contribution < -0.4 is 16.0 Å². The van der Waals surface area contributed by atoms with E-state index < -0.39 is 0 Å². The molecule has 194 valence electrons. The summed E-state index contributed by atoms with van der Waals surface area (Å²) >= 11 is 0. The number of hydrogen-bond acceptors (Lipinski definition) is 6. The van der Waals surface area contributed by atoms with Crippen LogP contribution in [0.25, 0.3) is 0 Å². The van der Waals surface area contributed by atoms with Crippen molar-refractivity contribution < 1.29 is 14.3 Å². The van der Waals surface area contributed by atoms with Gasteiger partial charge in [-0.15, -0.1) is 0 Å². The van der Waals surface area contributed by atoms with Gasteiger partial charge in [0.1, 0.15) is 6.73 Å². The second-order valence-corrected chi connectivity index (χ2v) is 9.72. The fraction of sp³-hybridized carbons (Fsp3) is 0.345. The number of aromatic nitrogens is 1. The van der Waals surface area contributed by atoms with E-state index in [0.717, 1.165) is 48.6 Å². The van der Waals surface area contributed by atoms with Gasteiger partial charge in [0, 0.05) is 42.3 Å². The van der Waals surface area contributed by atoms with Gasteiger partial charge in [0.2, 0.25) is 0 Å². The molecule has 0 bridgehead atoms. The van der Waals surface area contributed by atoms with E-state index >= 15 is 0 Å². The van der Waals surface area contributed by atoms with Crippen molar-refractivity contribution in [2.75, 3.05) is 30.5 Å². The Balaban J connectivity index is 1.29. The fourth-order valence-electron chi connectivity index (χ4n) is 4.36. The zero-order chi connectivity index (χ0) is 26.2. The first-order chi connectivity index (χ1) is 17.9. The maximum absolute atomic E-state index is 12.9. The first kappa shape index (κ1) is 26.2. The third-order valence-corrected chi connectivity index (χ3v) is 6.45. The van der Waals surface area contributed by atoms with Crippen LogP contribution in [0.15, 0.2) is 67.0 Å². The average molecular weight is 502 g/mol. The third kappa shape index (κ3) is 7.54. The van der Waals surface area contributed by atoms with Gasteiger partial charge in [0.25, 0.3) is 5.91 Å². The van der Waals surface area contributed by atoms with E-state index in [1.165, 1.54) is 5.56 Å². The second-order valence-electron chi connectivity index (χ2n) is 9.72. The summed E-state index contributed by atoms with van der Waals surface area (Å²) in [5.74, 6) is 0.283. The lowest BCUT2D eigenvalue weighted by Gasteiger charge is -2.31. The fourth-order valence-corrected chi connectivity index (χ4v) is 4.36. The molecule has 0 unspecified atom stereocenters. The molecule has 0 saturated carbocycles. The zero-order valence-electron chi connectivity index (χ0n) is 21.7. The molecule has 4 rings (SSSR count). The molecule has 0 radical (unpaired) electrons. The van der Waals surface area contributed by atoms with Gasteiger partial charge in [-0.25, -0.2) is 4.79 Å². The summed E-state index contributed by atoms with van der Waals surface area (Å²) in [6, 6.07) is 17.6. The van der Waals surface area contributed by atoms with Crippen LogP contribution in [0, 0.1) is 6.92 Å². The molecular formula is C29H35N5O3. The number of pyridine rings is 1.